The van der Waals surface area contributed by atoms with E-state index in [-0.39, 0.29) is 5.41 Å². The van der Waals surface area contributed by atoms with Crippen LogP contribution in [0, 0.1) is 11.3 Å². The van der Waals surface area contributed by atoms with Gasteiger partial charge >= 0.3 is 0 Å². The highest BCUT2D eigenvalue weighted by Gasteiger charge is 2.59. The van der Waals surface area contributed by atoms with E-state index in [9.17, 15) is 5.11 Å². The van der Waals surface area contributed by atoms with Gasteiger partial charge < -0.3 is 5.11 Å². The van der Waals surface area contributed by atoms with Crippen molar-refractivity contribution in [1.29, 1.82) is 0 Å². The minimum Gasteiger partial charge on any atom is -0.383 e. The Morgan fingerprint density at radius 1 is 1.05 bits per heavy atom. The molecule has 0 aliphatic heterocycles. The second kappa shape index (κ2) is 4.41. The Balaban J connectivity index is 1.77. The van der Waals surface area contributed by atoms with E-state index >= 15 is 0 Å². The summed E-state index contributed by atoms with van der Waals surface area (Å²) in [6.45, 7) is 2.23. The second-order valence-electron chi connectivity index (χ2n) is 7.01. The van der Waals surface area contributed by atoms with Gasteiger partial charge in [0.05, 0.1) is 11.4 Å². The van der Waals surface area contributed by atoms with Gasteiger partial charge in [0.25, 0.3) is 0 Å². The Morgan fingerprint density at radius 3 is 2.52 bits per heavy atom. The SMILES string of the molecule is C[C@@]12CC[C@H](C1)C[C@@]2(O)c1cccc(-c2ccccc2)n1. The maximum atomic E-state index is 11.3. The summed E-state index contributed by atoms with van der Waals surface area (Å²) in [4.78, 5) is 4.81. The predicted molar refractivity (Wildman–Crippen MR) is 83.6 cm³/mol. The van der Waals surface area contributed by atoms with Crippen LogP contribution in [0.5, 0.6) is 0 Å². The fourth-order valence-electron chi connectivity index (χ4n) is 4.43. The van der Waals surface area contributed by atoms with Gasteiger partial charge in [-0.2, -0.15) is 0 Å². The highest BCUT2D eigenvalue weighted by atomic mass is 16.3. The van der Waals surface area contributed by atoms with Crippen LogP contribution in [0.3, 0.4) is 0 Å². The van der Waals surface area contributed by atoms with Crippen LogP contribution in [0.25, 0.3) is 11.3 Å². The Kier molecular flexibility index (Phi) is 2.74. The summed E-state index contributed by atoms with van der Waals surface area (Å²) < 4.78 is 0. The highest BCUT2D eigenvalue weighted by Crippen LogP contribution is 2.63. The van der Waals surface area contributed by atoms with E-state index in [1.165, 1.54) is 6.42 Å². The van der Waals surface area contributed by atoms with Crippen molar-refractivity contribution >= 4 is 0 Å². The molecule has 0 amide bonds. The molecule has 0 unspecified atom stereocenters. The number of benzene rings is 1. The number of hydrogen-bond acceptors (Lipinski definition) is 2. The third-order valence-electron chi connectivity index (χ3n) is 5.67. The zero-order valence-electron chi connectivity index (χ0n) is 12.4. The van der Waals surface area contributed by atoms with Gasteiger partial charge in [-0.1, -0.05) is 43.3 Å². The van der Waals surface area contributed by atoms with Gasteiger partial charge in [0.1, 0.15) is 5.60 Å². The summed E-state index contributed by atoms with van der Waals surface area (Å²) in [7, 11) is 0. The van der Waals surface area contributed by atoms with E-state index in [0.29, 0.717) is 5.92 Å². The maximum Gasteiger partial charge on any atom is 0.112 e. The van der Waals surface area contributed by atoms with Crippen molar-refractivity contribution in [3.8, 4) is 11.3 Å². The standard InChI is InChI=1S/C19H21NO/c1-18-11-10-14(12-18)13-19(18,21)17-9-5-8-16(20-17)15-6-3-2-4-7-15/h2-9,14,21H,10-13H2,1H3/t14-,18-,19-/m1/s1. The first-order valence-electron chi connectivity index (χ1n) is 7.86. The topological polar surface area (TPSA) is 33.1 Å². The van der Waals surface area contributed by atoms with E-state index < -0.39 is 5.60 Å². The molecule has 2 fully saturated rings. The molecule has 1 N–H and O–H groups in total. The first-order chi connectivity index (χ1) is 10.1. The lowest BCUT2D eigenvalue weighted by atomic mass is 9.70. The van der Waals surface area contributed by atoms with Crippen molar-refractivity contribution in [3.63, 3.8) is 0 Å². The molecule has 2 heteroatoms. The molecule has 0 radical (unpaired) electrons. The Bertz CT molecular complexity index is 668. The molecule has 1 aromatic carbocycles. The minimum atomic E-state index is -0.749. The lowest BCUT2D eigenvalue weighted by Crippen LogP contribution is -2.40. The molecule has 2 nitrogen and oxygen atoms in total. The molecular formula is C19H21NO. The van der Waals surface area contributed by atoms with Gasteiger partial charge in [0.15, 0.2) is 0 Å². The first kappa shape index (κ1) is 13.0. The highest BCUT2D eigenvalue weighted by molar-refractivity contribution is 5.59. The van der Waals surface area contributed by atoms with Crippen molar-refractivity contribution in [2.45, 2.75) is 38.2 Å². The summed E-state index contributed by atoms with van der Waals surface area (Å²) in [6.07, 6.45) is 4.39. The average Bonchev–Trinajstić information content (AvgIpc) is 3.02. The number of nitrogens with zero attached hydrogens (tertiary/aromatic N) is 1. The first-order valence-corrected chi connectivity index (χ1v) is 7.86. The maximum absolute atomic E-state index is 11.3. The lowest BCUT2D eigenvalue weighted by Gasteiger charge is -2.40. The minimum absolute atomic E-state index is 0.0000220. The molecule has 108 valence electrons. The van der Waals surface area contributed by atoms with Gasteiger partial charge in [-0.25, -0.2) is 4.98 Å². The Hall–Kier alpha value is -1.67. The molecule has 1 aromatic heterocycles. The van der Waals surface area contributed by atoms with Crippen molar-refractivity contribution in [1.82, 2.24) is 4.98 Å². The molecule has 0 spiro atoms. The van der Waals surface area contributed by atoms with Crippen molar-refractivity contribution < 1.29 is 5.11 Å². The van der Waals surface area contributed by atoms with Crippen LogP contribution in [0.2, 0.25) is 0 Å². The molecule has 1 heterocycles. The fourth-order valence-corrected chi connectivity index (χ4v) is 4.43. The van der Waals surface area contributed by atoms with Crippen LogP contribution in [0.15, 0.2) is 48.5 Å². The number of rotatable bonds is 2. The fraction of sp³-hybridized carbons (Fsp3) is 0.421. The second-order valence-corrected chi connectivity index (χ2v) is 7.01. The summed E-state index contributed by atoms with van der Waals surface area (Å²) in [5.41, 5.74) is 2.17. The summed E-state index contributed by atoms with van der Waals surface area (Å²) in [5.74, 6) is 0.669. The van der Waals surface area contributed by atoms with Crippen LogP contribution in [-0.4, -0.2) is 10.1 Å². The molecule has 2 aromatic rings. The third-order valence-corrected chi connectivity index (χ3v) is 5.67. The van der Waals surface area contributed by atoms with Crippen LogP contribution < -0.4 is 0 Å². The van der Waals surface area contributed by atoms with Crippen molar-refractivity contribution in [3.05, 3.63) is 54.2 Å². The van der Waals surface area contributed by atoms with Gasteiger partial charge in [0.2, 0.25) is 0 Å². The Morgan fingerprint density at radius 2 is 1.86 bits per heavy atom. The van der Waals surface area contributed by atoms with Crippen molar-refractivity contribution in [2.24, 2.45) is 11.3 Å². The monoisotopic (exact) mass is 279 g/mol. The van der Waals surface area contributed by atoms with E-state index in [0.717, 1.165) is 36.2 Å². The van der Waals surface area contributed by atoms with Crippen LogP contribution in [0.1, 0.15) is 38.3 Å². The van der Waals surface area contributed by atoms with Crippen LogP contribution in [-0.2, 0) is 5.60 Å². The summed E-state index contributed by atoms with van der Waals surface area (Å²) in [6, 6.07) is 16.2. The molecule has 2 saturated carbocycles. The smallest absolute Gasteiger partial charge is 0.112 e. The largest absolute Gasteiger partial charge is 0.383 e. The molecule has 4 rings (SSSR count). The van der Waals surface area contributed by atoms with Crippen LogP contribution in [0.4, 0.5) is 0 Å². The zero-order chi connectivity index (χ0) is 14.5. The predicted octanol–water partition coefficient (Wildman–Crippen LogP) is 4.15. The normalized spacial score (nSPS) is 34.3. The summed E-state index contributed by atoms with van der Waals surface area (Å²) >= 11 is 0. The number of hydrogen-bond donors (Lipinski definition) is 1. The van der Waals surface area contributed by atoms with Gasteiger partial charge in [-0.05, 0) is 43.7 Å². The molecule has 21 heavy (non-hydrogen) atoms. The zero-order valence-corrected chi connectivity index (χ0v) is 12.4. The van der Waals surface area contributed by atoms with Gasteiger partial charge in [-0.3, -0.25) is 0 Å². The van der Waals surface area contributed by atoms with E-state index in [4.69, 9.17) is 4.98 Å². The van der Waals surface area contributed by atoms with Gasteiger partial charge in [0, 0.05) is 11.0 Å². The third kappa shape index (κ3) is 1.86. The Labute approximate surface area is 125 Å². The molecule has 2 aliphatic carbocycles. The lowest BCUT2D eigenvalue weighted by molar-refractivity contribution is -0.0741. The number of aromatic nitrogens is 1. The summed E-state index contributed by atoms with van der Waals surface area (Å²) in [5, 5.41) is 11.3. The molecule has 0 saturated heterocycles. The quantitative estimate of drug-likeness (QED) is 0.896. The molecule has 3 atom stereocenters. The number of aliphatic hydroxyl groups is 1. The average molecular weight is 279 g/mol. The van der Waals surface area contributed by atoms with E-state index in [2.05, 4.69) is 19.1 Å². The molecule has 2 aliphatic rings. The molecular weight excluding hydrogens is 258 g/mol. The number of pyridine rings is 1. The van der Waals surface area contributed by atoms with Crippen molar-refractivity contribution in [2.75, 3.05) is 0 Å². The number of fused-ring (bicyclic) bond motifs is 2. The molecule has 2 bridgehead atoms. The van der Waals surface area contributed by atoms with Crippen LogP contribution >= 0.6 is 0 Å². The van der Waals surface area contributed by atoms with E-state index in [1.54, 1.807) is 0 Å². The van der Waals surface area contributed by atoms with Gasteiger partial charge in [-0.15, -0.1) is 0 Å². The van der Waals surface area contributed by atoms with E-state index in [1.807, 2.05) is 36.4 Å².